The van der Waals surface area contributed by atoms with Gasteiger partial charge in [-0.15, -0.1) is 0 Å². The Kier molecular flexibility index (Phi) is 15.9. The first-order chi connectivity index (χ1) is 27.1. The molecule has 2 aliphatic rings. The summed E-state index contributed by atoms with van der Waals surface area (Å²) in [5, 5.41) is 10.9. The van der Waals surface area contributed by atoms with E-state index >= 15 is 0 Å². The van der Waals surface area contributed by atoms with Gasteiger partial charge in [0.25, 0.3) is 11.8 Å². The minimum Gasteiger partial charge on any atom is -0.384 e. The maximum absolute atomic E-state index is 14.4. The molecule has 8 N–H and O–H groups in total. The van der Waals surface area contributed by atoms with Crippen LogP contribution in [0.15, 0.2) is 42.5 Å². The van der Waals surface area contributed by atoms with Crippen molar-refractivity contribution in [3.63, 3.8) is 0 Å². The van der Waals surface area contributed by atoms with Gasteiger partial charge in [0.15, 0.2) is 11.6 Å². The van der Waals surface area contributed by atoms with Crippen molar-refractivity contribution in [2.75, 3.05) is 43.5 Å². The predicted octanol–water partition coefficient (Wildman–Crippen LogP) is 0.800. The van der Waals surface area contributed by atoms with Crippen molar-refractivity contribution in [2.45, 2.75) is 83.6 Å². The standard InChI is InChI=1S/C40H54N8O8S/c1-22(2)19-30(46-32(49)20-44-37(53)28(42)21-57-5)39(55)47-17-9-15-31(47)40(56)48(38(54)24(4)45-36(52)23(3)41)18-10-16-43-29-14-8-13-27-33(29)35(51)26-12-7-6-11-25(26)34(27)50/h6-8,11-14,22-24,28,30-31,43H,9-10,15-21,41-42H2,1-5H3,(H,44,53)(H,45,52)(H,46,49)/t23-,24-,28-,30-,31-/m0/s1. The Bertz CT molecular complexity index is 1870. The molecule has 0 aromatic heterocycles. The zero-order chi connectivity index (χ0) is 42.0. The van der Waals surface area contributed by atoms with E-state index in [2.05, 4.69) is 21.3 Å². The van der Waals surface area contributed by atoms with E-state index < -0.39 is 72.2 Å². The highest BCUT2D eigenvalue weighted by molar-refractivity contribution is 7.98. The summed E-state index contributed by atoms with van der Waals surface area (Å²) in [6.07, 6.45) is 2.97. The number of carbonyl (C=O) groups excluding carboxylic acids is 8. The zero-order valence-corrected chi connectivity index (χ0v) is 33.9. The van der Waals surface area contributed by atoms with Gasteiger partial charge in [-0.3, -0.25) is 43.3 Å². The number of carbonyl (C=O) groups is 8. The van der Waals surface area contributed by atoms with Crippen LogP contribution >= 0.6 is 11.8 Å². The maximum atomic E-state index is 14.4. The molecule has 308 valence electrons. The summed E-state index contributed by atoms with van der Waals surface area (Å²) in [4.78, 5) is 109. The summed E-state index contributed by atoms with van der Waals surface area (Å²) in [5.41, 5.74) is 13.1. The van der Waals surface area contributed by atoms with Crippen molar-refractivity contribution in [3.05, 3.63) is 64.7 Å². The molecule has 17 heteroatoms. The highest BCUT2D eigenvalue weighted by Gasteiger charge is 2.42. The van der Waals surface area contributed by atoms with Gasteiger partial charge in [-0.25, -0.2) is 0 Å². The summed E-state index contributed by atoms with van der Waals surface area (Å²) in [5.74, 6) is -3.76. The van der Waals surface area contributed by atoms with Crippen LogP contribution in [0.4, 0.5) is 5.69 Å². The van der Waals surface area contributed by atoms with Crippen molar-refractivity contribution in [1.82, 2.24) is 25.8 Å². The van der Waals surface area contributed by atoms with Gasteiger partial charge in [-0.2, -0.15) is 11.8 Å². The topological polar surface area (TPSA) is 243 Å². The van der Waals surface area contributed by atoms with E-state index in [1.165, 1.54) is 30.5 Å². The molecule has 0 unspecified atom stereocenters. The Hall–Kier alpha value is -5.13. The molecule has 0 radical (unpaired) electrons. The Morgan fingerprint density at radius 2 is 1.56 bits per heavy atom. The summed E-state index contributed by atoms with van der Waals surface area (Å²) < 4.78 is 0. The third-order valence-corrected chi connectivity index (χ3v) is 10.5. The number of hydrogen-bond donors (Lipinski definition) is 6. The zero-order valence-electron chi connectivity index (χ0n) is 33.1. The number of benzene rings is 2. The number of likely N-dealkylation sites (tertiary alicyclic amines) is 1. The molecule has 0 spiro atoms. The molecule has 2 aromatic rings. The van der Waals surface area contributed by atoms with E-state index in [0.29, 0.717) is 29.0 Å². The average Bonchev–Trinajstić information content (AvgIpc) is 3.68. The number of anilines is 1. The smallest absolute Gasteiger partial charge is 0.252 e. The molecule has 1 aliphatic carbocycles. The first kappa shape index (κ1) is 44.6. The van der Waals surface area contributed by atoms with Crippen molar-refractivity contribution < 1.29 is 38.4 Å². The van der Waals surface area contributed by atoms with Crippen LogP contribution in [0.3, 0.4) is 0 Å². The second-order valence-electron chi connectivity index (χ2n) is 14.8. The van der Waals surface area contributed by atoms with Gasteiger partial charge < -0.3 is 37.6 Å². The van der Waals surface area contributed by atoms with Crippen molar-refractivity contribution in [2.24, 2.45) is 17.4 Å². The van der Waals surface area contributed by atoms with Gasteiger partial charge in [0, 0.05) is 47.8 Å². The van der Waals surface area contributed by atoms with E-state index in [9.17, 15) is 38.4 Å². The van der Waals surface area contributed by atoms with Crippen LogP contribution in [0.5, 0.6) is 0 Å². The molecule has 0 bridgehead atoms. The lowest BCUT2D eigenvalue weighted by Gasteiger charge is -2.33. The van der Waals surface area contributed by atoms with Gasteiger partial charge in [-0.1, -0.05) is 50.2 Å². The molecule has 1 aliphatic heterocycles. The molecule has 1 heterocycles. The predicted molar refractivity (Wildman–Crippen MR) is 216 cm³/mol. The second kappa shape index (κ2) is 20.3. The van der Waals surface area contributed by atoms with Crippen LogP contribution < -0.4 is 32.7 Å². The number of fused-ring (bicyclic) bond motifs is 2. The Labute approximate surface area is 337 Å². The first-order valence-electron chi connectivity index (χ1n) is 19.2. The monoisotopic (exact) mass is 806 g/mol. The lowest BCUT2D eigenvalue weighted by molar-refractivity contribution is -0.153. The summed E-state index contributed by atoms with van der Waals surface area (Å²) in [6, 6.07) is 6.66. The van der Waals surface area contributed by atoms with Crippen LogP contribution in [0.1, 0.15) is 85.2 Å². The Morgan fingerprint density at radius 3 is 2.21 bits per heavy atom. The number of thioether (sulfide) groups is 1. The summed E-state index contributed by atoms with van der Waals surface area (Å²) in [6.45, 7) is 6.55. The maximum Gasteiger partial charge on any atom is 0.252 e. The molecule has 2 aromatic carbocycles. The Morgan fingerprint density at radius 1 is 0.895 bits per heavy atom. The number of nitrogens with zero attached hydrogens (tertiary/aromatic N) is 2. The van der Waals surface area contributed by atoms with Gasteiger partial charge in [0.2, 0.25) is 23.6 Å². The third-order valence-electron chi connectivity index (χ3n) is 9.77. The Balaban J connectivity index is 1.50. The van der Waals surface area contributed by atoms with E-state index in [1.807, 2.05) is 13.8 Å². The lowest BCUT2D eigenvalue weighted by atomic mass is 9.83. The number of rotatable bonds is 18. The largest absolute Gasteiger partial charge is 0.384 e. The first-order valence-corrected chi connectivity index (χ1v) is 20.5. The van der Waals surface area contributed by atoms with Crippen molar-refractivity contribution in [3.8, 4) is 0 Å². The van der Waals surface area contributed by atoms with Crippen LogP contribution in [0.2, 0.25) is 0 Å². The molecular formula is C40H54N8O8S. The highest BCUT2D eigenvalue weighted by atomic mass is 32.2. The third kappa shape index (κ3) is 11.0. The molecule has 1 fully saturated rings. The van der Waals surface area contributed by atoms with Crippen LogP contribution in [-0.4, -0.2) is 125 Å². The molecular weight excluding hydrogens is 753 g/mol. The van der Waals surface area contributed by atoms with Gasteiger partial charge >= 0.3 is 0 Å². The SMILES string of the molecule is CSC[C@H](N)C(=O)NCC(=O)N[C@@H](CC(C)C)C(=O)N1CCC[C@H]1C(=O)N(CCCNc1cccc2c1C(=O)c1ccccc1C2=O)C(=O)[C@H](C)NC(=O)[C@H](C)N. The number of nitrogens with one attached hydrogen (secondary N) is 4. The van der Waals surface area contributed by atoms with Crippen molar-refractivity contribution >= 4 is 64.5 Å². The van der Waals surface area contributed by atoms with Crippen LogP contribution in [-0.2, 0) is 28.8 Å². The van der Waals surface area contributed by atoms with Gasteiger partial charge in [0.05, 0.1) is 24.2 Å². The number of imide groups is 1. The van der Waals surface area contributed by atoms with Crippen molar-refractivity contribution in [1.29, 1.82) is 0 Å². The molecule has 0 saturated carbocycles. The molecule has 5 atom stereocenters. The lowest BCUT2D eigenvalue weighted by Crippen LogP contribution is -2.58. The minimum atomic E-state index is -1.14. The van der Waals surface area contributed by atoms with Gasteiger partial charge in [0.1, 0.15) is 18.1 Å². The minimum absolute atomic E-state index is 0.0287. The fourth-order valence-corrected chi connectivity index (χ4v) is 7.39. The molecule has 57 heavy (non-hydrogen) atoms. The normalized spacial score (nSPS) is 16.8. The number of ketones is 2. The molecule has 1 saturated heterocycles. The quantitative estimate of drug-likeness (QED) is 0.0979. The fraction of sp³-hybridized carbons (Fsp3) is 0.500. The van der Waals surface area contributed by atoms with Gasteiger partial charge in [-0.05, 0) is 57.8 Å². The average molecular weight is 807 g/mol. The van der Waals surface area contributed by atoms with E-state index in [0.717, 1.165) is 4.90 Å². The second-order valence-corrected chi connectivity index (χ2v) is 15.7. The molecule has 4 rings (SSSR count). The number of amides is 6. The summed E-state index contributed by atoms with van der Waals surface area (Å²) in [7, 11) is 0. The van der Waals surface area contributed by atoms with E-state index in [4.69, 9.17) is 11.5 Å². The van der Waals surface area contributed by atoms with E-state index in [1.54, 1.807) is 48.7 Å². The highest BCUT2D eigenvalue weighted by Crippen LogP contribution is 2.32. The molecule has 6 amide bonds. The molecule has 16 nitrogen and oxygen atoms in total. The fourth-order valence-electron chi connectivity index (χ4n) is 6.88. The summed E-state index contributed by atoms with van der Waals surface area (Å²) >= 11 is 1.39. The van der Waals surface area contributed by atoms with Crippen LogP contribution in [0, 0.1) is 5.92 Å². The van der Waals surface area contributed by atoms with E-state index in [-0.39, 0.29) is 67.5 Å². The number of nitrogens with two attached hydrogens (primary N) is 2. The number of hydrogen-bond acceptors (Lipinski definition) is 12. The van der Waals surface area contributed by atoms with Crippen LogP contribution in [0.25, 0.3) is 0 Å².